The molecule has 4 aromatic rings. The van der Waals surface area contributed by atoms with E-state index in [4.69, 9.17) is 0 Å². The van der Waals surface area contributed by atoms with Crippen LogP contribution in [0.15, 0.2) is 96.7 Å². The predicted octanol–water partition coefficient (Wildman–Crippen LogP) is 5.51. The topological polar surface area (TPSA) is 49.4 Å². The van der Waals surface area contributed by atoms with Crippen molar-refractivity contribution in [3.05, 3.63) is 114 Å². The van der Waals surface area contributed by atoms with E-state index in [9.17, 15) is 18.4 Å². The summed E-state index contributed by atoms with van der Waals surface area (Å²) in [5.74, 6) is -1.95. The van der Waals surface area contributed by atoms with Gasteiger partial charge in [-0.3, -0.25) is 9.59 Å². The van der Waals surface area contributed by atoms with E-state index in [1.165, 1.54) is 48.5 Å². The first kappa shape index (κ1) is 19.6. The van der Waals surface area contributed by atoms with Crippen LogP contribution in [0.5, 0.6) is 0 Å². The normalized spacial score (nSPS) is 13.9. The predicted molar refractivity (Wildman–Crippen MR) is 120 cm³/mol. The Morgan fingerprint density at radius 3 is 2.00 bits per heavy atom. The van der Waals surface area contributed by atoms with Crippen LogP contribution in [0.4, 0.5) is 20.2 Å². The summed E-state index contributed by atoms with van der Waals surface area (Å²) in [7, 11) is 0. The summed E-state index contributed by atoms with van der Waals surface area (Å²) in [5, 5.41) is 4.60. The number of hydrogen-bond donors (Lipinski definition) is 1. The van der Waals surface area contributed by atoms with Gasteiger partial charge in [-0.25, -0.2) is 13.7 Å². The molecular formula is C26H16F2N2O2. The molecule has 1 aliphatic rings. The molecule has 0 unspecified atom stereocenters. The fourth-order valence-electron chi connectivity index (χ4n) is 3.83. The van der Waals surface area contributed by atoms with E-state index in [2.05, 4.69) is 5.32 Å². The minimum Gasteiger partial charge on any atom is -0.350 e. The molecular weight excluding hydrogens is 410 g/mol. The smallest absolute Gasteiger partial charge is 0.282 e. The molecule has 1 heterocycles. The second-order valence-corrected chi connectivity index (χ2v) is 7.33. The highest BCUT2D eigenvalue weighted by Crippen LogP contribution is 2.36. The number of anilines is 2. The third-order valence-corrected chi connectivity index (χ3v) is 5.34. The van der Waals surface area contributed by atoms with Gasteiger partial charge in [0.2, 0.25) is 0 Å². The summed E-state index contributed by atoms with van der Waals surface area (Å²) in [6, 6.07) is 23.7. The molecule has 0 radical (unpaired) electrons. The fraction of sp³-hybridized carbons (Fsp3) is 0. The minimum atomic E-state index is -0.546. The van der Waals surface area contributed by atoms with Crippen LogP contribution >= 0.6 is 0 Å². The van der Waals surface area contributed by atoms with Gasteiger partial charge in [0, 0.05) is 11.1 Å². The molecule has 2 amide bonds. The summed E-state index contributed by atoms with van der Waals surface area (Å²) in [4.78, 5) is 28.2. The number of nitrogens with one attached hydrogen (secondary N) is 1. The average Bonchev–Trinajstić information content (AvgIpc) is 3.05. The lowest BCUT2D eigenvalue weighted by Gasteiger charge is -2.18. The summed E-state index contributed by atoms with van der Waals surface area (Å²) in [6.45, 7) is 0. The molecule has 0 saturated carbocycles. The van der Waals surface area contributed by atoms with Gasteiger partial charge < -0.3 is 5.32 Å². The van der Waals surface area contributed by atoms with Gasteiger partial charge in [0.15, 0.2) is 0 Å². The van der Waals surface area contributed by atoms with Crippen LogP contribution in [-0.4, -0.2) is 11.8 Å². The van der Waals surface area contributed by atoms with Crippen molar-refractivity contribution in [1.29, 1.82) is 0 Å². The van der Waals surface area contributed by atoms with Crippen molar-refractivity contribution >= 4 is 39.5 Å². The number of rotatable bonds is 4. The zero-order valence-corrected chi connectivity index (χ0v) is 16.7. The van der Waals surface area contributed by atoms with Gasteiger partial charge in [-0.2, -0.15) is 0 Å². The molecule has 0 aliphatic carbocycles. The summed E-state index contributed by atoms with van der Waals surface area (Å²) < 4.78 is 26.9. The molecule has 0 saturated heterocycles. The van der Waals surface area contributed by atoms with Crippen molar-refractivity contribution in [2.45, 2.75) is 0 Å². The Morgan fingerprint density at radius 1 is 0.656 bits per heavy atom. The fourth-order valence-corrected chi connectivity index (χ4v) is 3.83. The third-order valence-electron chi connectivity index (χ3n) is 5.34. The Hall–Kier alpha value is -4.32. The molecule has 0 aromatic heterocycles. The van der Waals surface area contributed by atoms with Crippen LogP contribution in [0.3, 0.4) is 0 Å². The van der Waals surface area contributed by atoms with E-state index in [1.54, 1.807) is 12.1 Å². The zero-order valence-electron chi connectivity index (χ0n) is 16.7. The molecule has 0 fully saturated rings. The summed E-state index contributed by atoms with van der Waals surface area (Å²) >= 11 is 0. The Labute approximate surface area is 182 Å². The van der Waals surface area contributed by atoms with Crippen molar-refractivity contribution in [2.75, 3.05) is 10.2 Å². The van der Waals surface area contributed by atoms with E-state index in [-0.39, 0.29) is 11.3 Å². The highest BCUT2D eigenvalue weighted by Gasteiger charge is 2.40. The van der Waals surface area contributed by atoms with E-state index in [1.807, 2.05) is 30.3 Å². The lowest BCUT2D eigenvalue weighted by molar-refractivity contribution is -0.120. The number of nitrogens with zero attached hydrogens (tertiary/aromatic N) is 1. The lowest BCUT2D eigenvalue weighted by atomic mass is 10.0. The molecule has 0 atom stereocenters. The van der Waals surface area contributed by atoms with Crippen LogP contribution < -0.4 is 10.2 Å². The van der Waals surface area contributed by atoms with Gasteiger partial charge in [-0.1, -0.05) is 48.5 Å². The Morgan fingerprint density at radius 2 is 1.28 bits per heavy atom. The Kier molecular flexibility index (Phi) is 4.75. The lowest BCUT2D eigenvalue weighted by Crippen LogP contribution is -2.32. The minimum absolute atomic E-state index is 0.0427. The summed E-state index contributed by atoms with van der Waals surface area (Å²) in [5.41, 5.74) is 1.46. The van der Waals surface area contributed by atoms with Crippen LogP contribution in [0.25, 0.3) is 16.3 Å². The maximum atomic E-state index is 13.6. The molecule has 1 aliphatic heterocycles. The number of hydrogen-bond acceptors (Lipinski definition) is 3. The van der Waals surface area contributed by atoms with E-state index in [0.29, 0.717) is 16.9 Å². The first-order valence-corrected chi connectivity index (χ1v) is 9.92. The van der Waals surface area contributed by atoms with E-state index in [0.717, 1.165) is 15.7 Å². The maximum Gasteiger partial charge on any atom is 0.282 e. The highest BCUT2D eigenvalue weighted by molar-refractivity contribution is 6.47. The maximum absolute atomic E-state index is 13.6. The van der Waals surface area contributed by atoms with Crippen LogP contribution in [0, 0.1) is 11.6 Å². The second kappa shape index (κ2) is 7.74. The standard InChI is InChI=1S/C26H16F2N2O2/c27-18-10-8-17(9-11-18)23-24(29-20-14-12-19(28)13-15-20)26(32)30(25(23)31)22-7-3-5-16-4-1-2-6-21(16)22/h1-15,29H. The zero-order chi connectivity index (χ0) is 22.2. The molecule has 32 heavy (non-hydrogen) atoms. The number of imide groups is 1. The first-order valence-electron chi connectivity index (χ1n) is 9.92. The van der Waals surface area contributed by atoms with Crippen molar-refractivity contribution in [3.8, 4) is 0 Å². The van der Waals surface area contributed by atoms with Crippen molar-refractivity contribution in [3.63, 3.8) is 0 Å². The Balaban J connectivity index is 1.66. The Bertz CT molecular complexity index is 1390. The largest absolute Gasteiger partial charge is 0.350 e. The SMILES string of the molecule is O=C1C(Nc2ccc(F)cc2)=C(c2ccc(F)cc2)C(=O)N1c1cccc2ccccc12. The molecule has 0 spiro atoms. The second-order valence-electron chi connectivity index (χ2n) is 7.33. The van der Waals surface area contributed by atoms with E-state index < -0.39 is 23.4 Å². The molecule has 1 N–H and O–H groups in total. The number of halogens is 2. The van der Waals surface area contributed by atoms with Crippen molar-refractivity contribution in [2.24, 2.45) is 0 Å². The number of amides is 2. The van der Waals surface area contributed by atoms with Gasteiger partial charge in [0.25, 0.3) is 11.8 Å². The molecule has 6 heteroatoms. The van der Waals surface area contributed by atoms with Gasteiger partial charge in [-0.05, 0) is 53.4 Å². The number of carbonyl (C=O) groups is 2. The van der Waals surface area contributed by atoms with Crippen LogP contribution in [0.2, 0.25) is 0 Å². The third kappa shape index (κ3) is 3.32. The highest BCUT2D eigenvalue weighted by atomic mass is 19.1. The first-order chi connectivity index (χ1) is 15.5. The summed E-state index contributed by atoms with van der Waals surface area (Å²) in [6.07, 6.45) is 0. The van der Waals surface area contributed by atoms with Gasteiger partial charge in [0.1, 0.15) is 17.3 Å². The number of carbonyl (C=O) groups excluding carboxylic acids is 2. The van der Waals surface area contributed by atoms with E-state index >= 15 is 0 Å². The molecule has 5 rings (SSSR count). The van der Waals surface area contributed by atoms with Gasteiger partial charge >= 0.3 is 0 Å². The van der Waals surface area contributed by atoms with Gasteiger partial charge in [0.05, 0.1) is 11.3 Å². The van der Waals surface area contributed by atoms with Gasteiger partial charge in [-0.15, -0.1) is 0 Å². The number of fused-ring (bicyclic) bond motifs is 1. The van der Waals surface area contributed by atoms with Crippen molar-refractivity contribution in [1.82, 2.24) is 0 Å². The molecule has 4 nitrogen and oxygen atoms in total. The van der Waals surface area contributed by atoms with Crippen molar-refractivity contribution < 1.29 is 18.4 Å². The molecule has 156 valence electrons. The quantitative estimate of drug-likeness (QED) is 0.438. The molecule has 0 bridgehead atoms. The molecule has 4 aromatic carbocycles. The number of benzene rings is 4. The monoisotopic (exact) mass is 426 g/mol. The average molecular weight is 426 g/mol. The van der Waals surface area contributed by atoms with Crippen LogP contribution in [-0.2, 0) is 9.59 Å². The van der Waals surface area contributed by atoms with Crippen LogP contribution in [0.1, 0.15) is 5.56 Å².